The monoisotopic (exact) mass is 324 g/mol. The van der Waals surface area contributed by atoms with E-state index in [1.54, 1.807) is 24.2 Å². The first kappa shape index (κ1) is 15.9. The molecule has 0 fully saturated rings. The SMILES string of the molecule is Cc1nc(N(C)C)ncc1C(=O)NCc1cnc2c(C)cccn12. The minimum atomic E-state index is -0.194. The summed E-state index contributed by atoms with van der Waals surface area (Å²) in [6, 6.07) is 3.98. The third-order valence-electron chi connectivity index (χ3n) is 3.85. The molecule has 7 nitrogen and oxygen atoms in total. The second kappa shape index (κ2) is 6.27. The first-order chi connectivity index (χ1) is 11.5. The van der Waals surface area contributed by atoms with Crippen LogP contribution in [0.25, 0.3) is 5.65 Å². The molecule has 0 radical (unpaired) electrons. The Hall–Kier alpha value is -2.96. The normalized spacial score (nSPS) is 10.8. The van der Waals surface area contributed by atoms with Gasteiger partial charge in [-0.05, 0) is 25.5 Å². The molecule has 3 rings (SSSR count). The minimum Gasteiger partial charge on any atom is -0.347 e. The highest BCUT2D eigenvalue weighted by Crippen LogP contribution is 2.12. The number of anilines is 1. The molecule has 7 heteroatoms. The van der Waals surface area contributed by atoms with Crippen LogP contribution in [0.3, 0.4) is 0 Å². The molecule has 0 aliphatic carbocycles. The van der Waals surface area contributed by atoms with E-state index in [-0.39, 0.29) is 5.91 Å². The van der Waals surface area contributed by atoms with Crippen LogP contribution in [0.15, 0.2) is 30.7 Å². The number of amides is 1. The molecule has 24 heavy (non-hydrogen) atoms. The third kappa shape index (κ3) is 2.92. The zero-order valence-electron chi connectivity index (χ0n) is 14.2. The lowest BCUT2D eigenvalue weighted by Crippen LogP contribution is -2.25. The highest BCUT2D eigenvalue weighted by molar-refractivity contribution is 5.94. The average Bonchev–Trinajstić information content (AvgIpc) is 2.97. The third-order valence-corrected chi connectivity index (χ3v) is 3.85. The van der Waals surface area contributed by atoms with Crippen LogP contribution in [0.1, 0.15) is 27.3 Å². The first-order valence-electron chi connectivity index (χ1n) is 7.68. The molecule has 0 aliphatic heterocycles. The van der Waals surface area contributed by atoms with E-state index in [4.69, 9.17) is 0 Å². The van der Waals surface area contributed by atoms with Crippen LogP contribution in [0.2, 0.25) is 0 Å². The lowest BCUT2D eigenvalue weighted by atomic mass is 10.2. The number of nitrogens with one attached hydrogen (secondary N) is 1. The molecule has 3 aromatic rings. The van der Waals surface area contributed by atoms with Gasteiger partial charge in [0.2, 0.25) is 5.95 Å². The summed E-state index contributed by atoms with van der Waals surface area (Å²) in [7, 11) is 3.72. The number of nitrogens with zero attached hydrogens (tertiary/aromatic N) is 5. The number of carbonyl (C=O) groups excluding carboxylic acids is 1. The molecular formula is C17H20N6O. The van der Waals surface area contributed by atoms with Crippen molar-refractivity contribution in [1.29, 1.82) is 0 Å². The van der Waals surface area contributed by atoms with Gasteiger partial charge in [-0.3, -0.25) is 4.79 Å². The summed E-state index contributed by atoms with van der Waals surface area (Å²) in [5.74, 6) is 0.390. The van der Waals surface area contributed by atoms with E-state index in [1.807, 2.05) is 43.7 Å². The second-order valence-electron chi connectivity index (χ2n) is 5.88. The van der Waals surface area contributed by atoms with Crippen LogP contribution in [-0.2, 0) is 6.54 Å². The smallest absolute Gasteiger partial charge is 0.255 e. The maximum Gasteiger partial charge on any atom is 0.255 e. The molecule has 1 amide bonds. The van der Waals surface area contributed by atoms with E-state index in [9.17, 15) is 4.79 Å². The maximum absolute atomic E-state index is 12.4. The molecule has 0 saturated carbocycles. The van der Waals surface area contributed by atoms with Gasteiger partial charge < -0.3 is 14.6 Å². The second-order valence-corrected chi connectivity index (χ2v) is 5.88. The Balaban J connectivity index is 1.77. The Kier molecular flexibility index (Phi) is 4.16. The van der Waals surface area contributed by atoms with Gasteiger partial charge in [-0.25, -0.2) is 15.0 Å². The lowest BCUT2D eigenvalue weighted by Gasteiger charge is -2.12. The summed E-state index contributed by atoms with van der Waals surface area (Å²) in [4.78, 5) is 27.2. The zero-order valence-corrected chi connectivity index (χ0v) is 14.2. The van der Waals surface area contributed by atoms with Crippen LogP contribution in [0.5, 0.6) is 0 Å². The van der Waals surface area contributed by atoms with Crippen molar-refractivity contribution in [2.45, 2.75) is 20.4 Å². The minimum absolute atomic E-state index is 0.194. The molecule has 0 saturated heterocycles. The number of carbonyl (C=O) groups is 1. The lowest BCUT2D eigenvalue weighted by molar-refractivity contribution is 0.0949. The van der Waals surface area contributed by atoms with Crippen molar-refractivity contribution in [3.63, 3.8) is 0 Å². The van der Waals surface area contributed by atoms with Gasteiger partial charge >= 0.3 is 0 Å². The number of fused-ring (bicyclic) bond motifs is 1. The van der Waals surface area contributed by atoms with Gasteiger partial charge in [-0.2, -0.15) is 0 Å². The van der Waals surface area contributed by atoms with Gasteiger partial charge in [-0.1, -0.05) is 6.07 Å². The Morgan fingerprint density at radius 3 is 2.75 bits per heavy atom. The molecule has 1 N–H and O–H groups in total. The van der Waals surface area contributed by atoms with E-state index in [0.717, 1.165) is 16.9 Å². The van der Waals surface area contributed by atoms with Crippen LogP contribution < -0.4 is 10.2 Å². The van der Waals surface area contributed by atoms with Crippen molar-refractivity contribution < 1.29 is 4.79 Å². The van der Waals surface area contributed by atoms with Crippen molar-refractivity contribution >= 4 is 17.5 Å². The Labute approximate surface area is 140 Å². The summed E-state index contributed by atoms with van der Waals surface area (Å²) in [5, 5.41) is 2.91. The molecule has 0 spiro atoms. The standard InChI is InChI=1S/C17H20N6O/c1-11-6-5-7-23-13(8-18-15(11)23)9-19-16(24)14-10-20-17(22(3)4)21-12(14)2/h5-8,10H,9H2,1-4H3,(H,19,24). The number of aromatic nitrogens is 4. The van der Waals surface area contributed by atoms with Crippen molar-refractivity contribution in [3.05, 3.63) is 53.2 Å². The summed E-state index contributed by atoms with van der Waals surface area (Å²) >= 11 is 0. The fourth-order valence-electron chi connectivity index (χ4n) is 2.49. The molecule has 0 aliphatic rings. The number of hydrogen-bond acceptors (Lipinski definition) is 5. The fraction of sp³-hybridized carbons (Fsp3) is 0.294. The van der Waals surface area contributed by atoms with Gasteiger partial charge in [0, 0.05) is 26.5 Å². The molecule has 0 bridgehead atoms. The van der Waals surface area contributed by atoms with Crippen LogP contribution in [0, 0.1) is 13.8 Å². The predicted octanol–water partition coefficient (Wildman–Crippen LogP) is 1.74. The molecule has 0 aromatic carbocycles. The zero-order chi connectivity index (χ0) is 17.3. The molecule has 3 heterocycles. The van der Waals surface area contributed by atoms with Crippen molar-refractivity contribution in [2.24, 2.45) is 0 Å². The van der Waals surface area contributed by atoms with Gasteiger partial charge in [0.15, 0.2) is 0 Å². The first-order valence-corrected chi connectivity index (χ1v) is 7.68. The largest absolute Gasteiger partial charge is 0.347 e. The average molecular weight is 324 g/mol. The van der Waals surface area contributed by atoms with Crippen LogP contribution in [-0.4, -0.2) is 39.4 Å². The highest BCUT2D eigenvalue weighted by Gasteiger charge is 2.13. The number of hydrogen-bond donors (Lipinski definition) is 1. The fourth-order valence-corrected chi connectivity index (χ4v) is 2.49. The van der Waals surface area contributed by atoms with Crippen molar-refractivity contribution in [1.82, 2.24) is 24.7 Å². The number of rotatable bonds is 4. The van der Waals surface area contributed by atoms with E-state index < -0.39 is 0 Å². The number of imidazole rings is 1. The predicted molar refractivity (Wildman–Crippen MR) is 92.2 cm³/mol. The summed E-state index contributed by atoms with van der Waals surface area (Å²) in [6.45, 7) is 4.21. The Morgan fingerprint density at radius 2 is 2.04 bits per heavy atom. The summed E-state index contributed by atoms with van der Waals surface area (Å²) in [5.41, 5.74) is 4.05. The van der Waals surface area contributed by atoms with E-state index in [1.165, 1.54) is 0 Å². The quantitative estimate of drug-likeness (QED) is 0.791. The summed E-state index contributed by atoms with van der Waals surface area (Å²) in [6.07, 6.45) is 5.28. The van der Waals surface area contributed by atoms with Crippen LogP contribution in [0.4, 0.5) is 5.95 Å². The molecule has 0 atom stereocenters. The highest BCUT2D eigenvalue weighted by atomic mass is 16.1. The topological polar surface area (TPSA) is 75.4 Å². The van der Waals surface area contributed by atoms with E-state index >= 15 is 0 Å². The van der Waals surface area contributed by atoms with E-state index in [0.29, 0.717) is 23.8 Å². The van der Waals surface area contributed by atoms with Gasteiger partial charge in [0.05, 0.1) is 29.7 Å². The van der Waals surface area contributed by atoms with Gasteiger partial charge in [0.25, 0.3) is 5.91 Å². The van der Waals surface area contributed by atoms with E-state index in [2.05, 4.69) is 20.3 Å². The summed E-state index contributed by atoms with van der Waals surface area (Å²) < 4.78 is 1.98. The maximum atomic E-state index is 12.4. The van der Waals surface area contributed by atoms with Crippen molar-refractivity contribution in [3.8, 4) is 0 Å². The number of aryl methyl sites for hydroxylation is 2. The molecule has 3 aromatic heterocycles. The van der Waals surface area contributed by atoms with Gasteiger partial charge in [-0.15, -0.1) is 0 Å². The molecular weight excluding hydrogens is 304 g/mol. The van der Waals surface area contributed by atoms with Crippen LogP contribution >= 0.6 is 0 Å². The Bertz CT molecular complexity index is 899. The molecule has 0 unspecified atom stereocenters. The Morgan fingerprint density at radius 1 is 1.25 bits per heavy atom. The van der Waals surface area contributed by atoms with Gasteiger partial charge in [0.1, 0.15) is 5.65 Å². The number of pyridine rings is 1. The van der Waals surface area contributed by atoms with Crippen molar-refractivity contribution in [2.75, 3.05) is 19.0 Å². The molecule has 124 valence electrons.